The number of benzene rings is 1. The standard InChI is InChI=1S/C11H10ClN3/c12-10-6-7-13-11(15-10)14-8-9-4-2-1-3-5-9/h1-7H,8H2,(H,13,14,15). The van der Waals surface area contributed by atoms with Gasteiger partial charge >= 0.3 is 0 Å². The Hall–Kier alpha value is -1.61. The lowest BCUT2D eigenvalue weighted by atomic mass is 10.2. The van der Waals surface area contributed by atoms with Gasteiger partial charge in [-0.3, -0.25) is 0 Å². The molecule has 3 nitrogen and oxygen atoms in total. The molecule has 0 bridgehead atoms. The van der Waals surface area contributed by atoms with Crippen LogP contribution in [0.4, 0.5) is 5.95 Å². The molecule has 0 unspecified atom stereocenters. The Kier molecular flexibility index (Phi) is 3.15. The van der Waals surface area contributed by atoms with E-state index in [-0.39, 0.29) is 0 Å². The highest BCUT2D eigenvalue weighted by molar-refractivity contribution is 6.29. The first-order valence-corrected chi connectivity index (χ1v) is 4.99. The molecule has 0 aliphatic carbocycles. The van der Waals surface area contributed by atoms with Crippen LogP contribution in [-0.2, 0) is 6.54 Å². The normalized spacial score (nSPS) is 9.93. The van der Waals surface area contributed by atoms with Crippen molar-refractivity contribution in [2.75, 3.05) is 5.32 Å². The fourth-order valence-electron chi connectivity index (χ4n) is 1.20. The number of hydrogen-bond acceptors (Lipinski definition) is 3. The number of anilines is 1. The second kappa shape index (κ2) is 4.75. The van der Waals surface area contributed by atoms with Crippen LogP contribution in [-0.4, -0.2) is 9.97 Å². The molecule has 1 heterocycles. The minimum Gasteiger partial charge on any atom is -0.350 e. The van der Waals surface area contributed by atoms with E-state index >= 15 is 0 Å². The zero-order valence-corrected chi connectivity index (χ0v) is 8.78. The Morgan fingerprint density at radius 3 is 2.67 bits per heavy atom. The molecule has 0 saturated carbocycles. The van der Waals surface area contributed by atoms with Crippen LogP contribution >= 0.6 is 11.6 Å². The predicted octanol–water partition coefficient (Wildman–Crippen LogP) is 2.74. The third kappa shape index (κ3) is 2.92. The number of nitrogens with zero attached hydrogens (tertiary/aromatic N) is 2. The Morgan fingerprint density at radius 1 is 1.13 bits per heavy atom. The molecule has 0 atom stereocenters. The Morgan fingerprint density at radius 2 is 1.93 bits per heavy atom. The Bertz CT molecular complexity index is 431. The maximum Gasteiger partial charge on any atom is 0.224 e. The molecule has 1 N–H and O–H groups in total. The Balaban J connectivity index is 1.99. The average molecular weight is 220 g/mol. The first-order valence-electron chi connectivity index (χ1n) is 4.61. The van der Waals surface area contributed by atoms with Crippen molar-refractivity contribution in [1.82, 2.24) is 9.97 Å². The minimum absolute atomic E-state index is 0.445. The maximum absolute atomic E-state index is 5.74. The smallest absolute Gasteiger partial charge is 0.224 e. The van der Waals surface area contributed by atoms with Gasteiger partial charge in [0.05, 0.1) is 0 Å². The van der Waals surface area contributed by atoms with Crippen LogP contribution in [0, 0.1) is 0 Å². The molecule has 0 aliphatic heterocycles. The van der Waals surface area contributed by atoms with Gasteiger partial charge < -0.3 is 5.32 Å². The van der Waals surface area contributed by atoms with E-state index in [1.807, 2.05) is 30.3 Å². The van der Waals surface area contributed by atoms with Gasteiger partial charge in [0.2, 0.25) is 5.95 Å². The van der Waals surface area contributed by atoms with Crippen molar-refractivity contribution in [3.05, 3.63) is 53.3 Å². The quantitative estimate of drug-likeness (QED) is 0.807. The minimum atomic E-state index is 0.445. The van der Waals surface area contributed by atoms with E-state index in [1.165, 1.54) is 5.56 Å². The SMILES string of the molecule is Clc1ccnc(NCc2ccccc2)n1. The number of hydrogen-bond donors (Lipinski definition) is 1. The van der Waals surface area contributed by atoms with Gasteiger partial charge in [-0.1, -0.05) is 41.9 Å². The van der Waals surface area contributed by atoms with E-state index in [4.69, 9.17) is 11.6 Å². The second-order valence-electron chi connectivity index (χ2n) is 3.04. The van der Waals surface area contributed by atoms with E-state index < -0.39 is 0 Å². The number of halogens is 1. The van der Waals surface area contributed by atoms with Gasteiger partial charge in [0.25, 0.3) is 0 Å². The van der Waals surface area contributed by atoms with Crippen molar-refractivity contribution >= 4 is 17.5 Å². The molecule has 0 saturated heterocycles. The summed E-state index contributed by atoms with van der Waals surface area (Å²) in [6, 6.07) is 11.7. The van der Waals surface area contributed by atoms with E-state index in [9.17, 15) is 0 Å². The third-order valence-electron chi connectivity index (χ3n) is 1.92. The highest BCUT2D eigenvalue weighted by Crippen LogP contribution is 2.07. The van der Waals surface area contributed by atoms with Crippen molar-refractivity contribution < 1.29 is 0 Å². The van der Waals surface area contributed by atoms with Crippen LogP contribution in [0.3, 0.4) is 0 Å². The summed E-state index contributed by atoms with van der Waals surface area (Å²) in [5.41, 5.74) is 1.18. The van der Waals surface area contributed by atoms with Crippen LogP contribution in [0.2, 0.25) is 5.15 Å². The van der Waals surface area contributed by atoms with Gasteiger partial charge in [0, 0.05) is 12.7 Å². The summed E-state index contributed by atoms with van der Waals surface area (Å²) in [4.78, 5) is 8.08. The van der Waals surface area contributed by atoms with Crippen molar-refractivity contribution in [2.45, 2.75) is 6.54 Å². The summed E-state index contributed by atoms with van der Waals surface area (Å²) in [6.07, 6.45) is 1.63. The highest BCUT2D eigenvalue weighted by Gasteiger charge is 1.96. The summed E-state index contributed by atoms with van der Waals surface area (Å²) in [5, 5.41) is 3.54. The van der Waals surface area contributed by atoms with Crippen molar-refractivity contribution in [2.24, 2.45) is 0 Å². The predicted molar refractivity (Wildman–Crippen MR) is 60.8 cm³/mol. The summed E-state index contributed by atoms with van der Waals surface area (Å²) in [5.74, 6) is 0.548. The van der Waals surface area contributed by atoms with E-state index in [1.54, 1.807) is 12.3 Å². The van der Waals surface area contributed by atoms with Crippen molar-refractivity contribution in [3.63, 3.8) is 0 Å². The molecule has 1 aromatic carbocycles. The van der Waals surface area contributed by atoms with E-state index in [0.717, 1.165) is 0 Å². The van der Waals surface area contributed by atoms with Crippen molar-refractivity contribution in [1.29, 1.82) is 0 Å². The zero-order valence-electron chi connectivity index (χ0n) is 8.02. The molecule has 15 heavy (non-hydrogen) atoms. The first-order chi connectivity index (χ1) is 7.34. The molecule has 76 valence electrons. The molecule has 2 rings (SSSR count). The number of rotatable bonds is 3. The lowest BCUT2D eigenvalue weighted by molar-refractivity contribution is 1.05. The lowest BCUT2D eigenvalue weighted by Gasteiger charge is -2.04. The number of aromatic nitrogens is 2. The summed E-state index contributed by atoms with van der Waals surface area (Å²) >= 11 is 5.74. The van der Waals surface area contributed by atoms with Crippen LogP contribution in [0.25, 0.3) is 0 Å². The van der Waals surface area contributed by atoms with Gasteiger partial charge in [-0.15, -0.1) is 0 Å². The molecular weight excluding hydrogens is 210 g/mol. The first kappa shape index (κ1) is 9.93. The molecular formula is C11H10ClN3. The average Bonchev–Trinajstić information content (AvgIpc) is 2.28. The van der Waals surface area contributed by atoms with Gasteiger partial charge in [0.15, 0.2) is 0 Å². The third-order valence-corrected chi connectivity index (χ3v) is 2.13. The van der Waals surface area contributed by atoms with Gasteiger partial charge in [-0.05, 0) is 11.6 Å². The molecule has 0 fully saturated rings. The molecule has 0 amide bonds. The molecule has 0 radical (unpaired) electrons. The largest absolute Gasteiger partial charge is 0.350 e. The summed E-state index contributed by atoms with van der Waals surface area (Å²) < 4.78 is 0. The van der Waals surface area contributed by atoms with Gasteiger partial charge in [-0.25, -0.2) is 9.97 Å². The molecule has 0 aliphatic rings. The van der Waals surface area contributed by atoms with Crippen LogP contribution in [0.15, 0.2) is 42.6 Å². The second-order valence-corrected chi connectivity index (χ2v) is 3.43. The molecule has 1 aromatic heterocycles. The molecule has 4 heteroatoms. The topological polar surface area (TPSA) is 37.8 Å². The summed E-state index contributed by atoms with van der Waals surface area (Å²) in [6.45, 7) is 0.696. The lowest BCUT2D eigenvalue weighted by Crippen LogP contribution is -2.02. The van der Waals surface area contributed by atoms with Crippen LogP contribution in [0.5, 0.6) is 0 Å². The Labute approximate surface area is 93.1 Å². The summed E-state index contributed by atoms with van der Waals surface area (Å²) in [7, 11) is 0. The number of nitrogens with one attached hydrogen (secondary N) is 1. The van der Waals surface area contributed by atoms with E-state index in [0.29, 0.717) is 17.6 Å². The highest BCUT2D eigenvalue weighted by atomic mass is 35.5. The monoisotopic (exact) mass is 219 g/mol. The van der Waals surface area contributed by atoms with Gasteiger partial charge in [0.1, 0.15) is 5.15 Å². The van der Waals surface area contributed by atoms with Gasteiger partial charge in [-0.2, -0.15) is 0 Å². The maximum atomic E-state index is 5.74. The fraction of sp³-hybridized carbons (Fsp3) is 0.0909. The van der Waals surface area contributed by atoms with Crippen LogP contribution in [0.1, 0.15) is 5.56 Å². The zero-order chi connectivity index (χ0) is 10.5. The fourth-order valence-corrected chi connectivity index (χ4v) is 1.34. The van der Waals surface area contributed by atoms with Crippen LogP contribution < -0.4 is 5.32 Å². The van der Waals surface area contributed by atoms with Crippen molar-refractivity contribution in [3.8, 4) is 0 Å². The molecule has 0 spiro atoms. The molecule has 2 aromatic rings. The van der Waals surface area contributed by atoms with E-state index in [2.05, 4.69) is 15.3 Å².